The molecule has 3 nitrogen and oxygen atoms in total. The molecule has 104 valence electrons. The SMILES string of the molecule is CCOc1ccc(C=N[C@@H](C)c2ccccc2)c(O)c1. The Morgan fingerprint density at radius 1 is 1.20 bits per heavy atom. The number of ether oxygens (including phenoxy) is 1. The van der Waals surface area contributed by atoms with Crippen LogP contribution >= 0.6 is 0 Å². The van der Waals surface area contributed by atoms with Crippen molar-refractivity contribution in [1.82, 2.24) is 0 Å². The molecule has 0 unspecified atom stereocenters. The third-order valence-electron chi connectivity index (χ3n) is 3.03. The van der Waals surface area contributed by atoms with E-state index < -0.39 is 0 Å². The minimum Gasteiger partial charge on any atom is -0.507 e. The van der Waals surface area contributed by atoms with Gasteiger partial charge in [0.15, 0.2) is 0 Å². The second-order valence-electron chi connectivity index (χ2n) is 4.52. The lowest BCUT2D eigenvalue weighted by atomic mass is 10.1. The summed E-state index contributed by atoms with van der Waals surface area (Å²) in [5.41, 5.74) is 1.84. The molecule has 3 heteroatoms. The Balaban J connectivity index is 2.11. The highest BCUT2D eigenvalue weighted by atomic mass is 16.5. The van der Waals surface area contributed by atoms with Gasteiger partial charge in [-0.3, -0.25) is 4.99 Å². The Kier molecular flexibility index (Phi) is 4.77. The van der Waals surface area contributed by atoms with Crippen molar-refractivity contribution < 1.29 is 9.84 Å². The molecule has 0 aromatic heterocycles. The average Bonchev–Trinajstić information content (AvgIpc) is 2.47. The molecule has 2 aromatic rings. The van der Waals surface area contributed by atoms with Gasteiger partial charge in [0.05, 0.1) is 12.6 Å². The van der Waals surface area contributed by atoms with Crippen molar-refractivity contribution in [3.63, 3.8) is 0 Å². The number of nitrogens with zero attached hydrogens (tertiary/aromatic N) is 1. The summed E-state index contributed by atoms with van der Waals surface area (Å²) >= 11 is 0. The van der Waals surface area contributed by atoms with Crippen LogP contribution in [0.1, 0.15) is 31.0 Å². The molecule has 20 heavy (non-hydrogen) atoms. The monoisotopic (exact) mass is 269 g/mol. The van der Waals surface area contributed by atoms with Crippen LogP contribution in [0.3, 0.4) is 0 Å². The maximum Gasteiger partial charge on any atom is 0.128 e. The quantitative estimate of drug-likeness (QED) is 0.834. The Labute approximate surface area is 119 Å². The van der Waals surface area contributed by atoms with Crippen molar-refractivity contribution in [3.8, 4) is 11.5 Å². The Morgan fingerprint density at radius 3 is 2.60 bits per heavy atom. The van der Waals surface area contributed by atoms with Gasteiger partial charge in [-0.1, -0.05) is 30.3 Å². The predicted octanol–water partition coefficient (Wildman–Crippen LogP) is 3.97. The summed E-state index contributed by atoms with van der Waals surface area (Å²) in [6.45, 7) is 4.52. The summed E-state index contributed by atoms with van der Waals surface area (Å²) in [6.07, 6.45) is 1.70. The molecule has 0 bridgehead atoms. The molecule has 0 spiro atoms. The highest BCUT2D eigenvalue weighted by Crippen LogP contribution is 2.23. The smallest absolute Gasteiger partial charge is 0.128 e. The first-order chi connectivity index (χ1) is 9.70. The maximum atomic E-state index is 9.93. The summed E-state index contributed by atoms with van der Waals surface area (Å²) in [5, 5.41) is 9.93. The minimum absolute atomic E-state index is 0.0576. The van der Waals surface area contributed by atoms with Gasteiger partial charge in [-0.25, -0.2) is 0 Å². The van der Waals surface area contributed by atoms with Crippen LogP contribution in [0.15, 0.2) is 53.5 Å². The third kappa shape index (κ3) is 3.60. The summed E-state index contributed by atoms with van der Waals surface area (Å²) < 4.78 is 5.33. The molecule has 2 rings (SSSR count). The lowest BCUT2D eigenvalue weighted by Crippen LogP contribution is -1.93. The molecule has 1 N–H and O–H groups in total. The van der Waals surface area contributed by atoms with Crippen LogP contribution in [-0.2, 0) is 0 Å². The van der Waals surface area contributed by atoms with Gasteiger partial charge in [0, 0.05) is 17.8 Å². The Bertz CT molecular complexity index is 579. The second-order valence-corrected chi connectivity index (χ2v) is 4.52. The fourth-order valence-electron chi connectivity index (χ4n) is 1.90. The van der Waals surface area contributed by atoms with Crippen molar-refractivity contribution in [2.24, 2.45) is 4.99 Å². The molecule has 0 fully saturated rings. The van der Waals surface area contributed by atoms with Gasteiger partial charge in [0.25, 0.3) is 0 Å². The molecule has 0 amide bonds. The van der Waals surface area contributed by atoms with Crippen LogP contribution in [0.2, 0.25) is 0 Å². The van der Waals surface area contributed by atoms with E-state index in [1.807, 2.05) is 56.3 Å². The summed E-state index contributed by atoms with van der Waals surface area (Å²) in [4.78, 5) is 4.48. The van der Waals surface area contributed by atoms with E-state index in [0.717, 1.165) is 5.56 Å². The summed E-state index contributed by atoms with van der Waals surface area (Å²) in [5.74, 6) is 0.846. The zero-order valence-corrected chi connectivity index (χ0v) is 11.8. The van der Waals surface area contributed by atoms with Gasteiger partial charge >= 0.3 is 0 Å². The van der Waals surface area contributed by atoms with Gasteiger partial charge in [-0.2, -0.15) is 0 Å². The topological polar surface area (TPSA) is 41.8 Å². The van der Waals surface area contributed by atoms with Gasteiger partial charge < -0.3 is 9.84 Å². The first-order valence-electron chi connectivity index (χ1n) is 6.74. The van der Waals surface area contributed by atoms with E-state index >= 15 is 0 Å². The summed E-state index contributed by atoms with van der Waals surface area (Å²) in [7, 11) is 0. The number of hydrogen-bond donors (Lipinski definition) is 1. The van der Waals surface area contributed by atoms with E-state index in [4.69, 9.17) is 4.74 Å². The number of rotatable bonds is 5. The van der Waals surface area contributed by atoms with Gasteiger partial charge in [-0.15, -0.1) is 0 Å². The molecule has 0 aliphatic rings. The lowest BCUT2D eigenvalue weighted by molar-refractivity contribution is 0.337. The van der Waals surface area contributed by atoms with E-state index in [9.17, 15) is 5.11 Å². The van der Waals surface area contributed by atoms with Gasteiger partial charge in [0.2, 0.25) is 0 Å². The Morgan fingerprint density at radius 2 is 1.95 bits per heavy atom. The van der Waals surface area contributed by atoms with Crippen LogP contribution in [0.4, 0.5) is 0 Å². The van der Waals surface area contributed by atoms with Gasteiger partial charge in [0.1, 0.15) is 11.5 Å². The average molecular weight is 269 g/mol. The fourth-order valence-corrected chi connectivity index (χ4v) is 1.90. The van der Waals surface area contributed by atoms with Crippen molar-refractivity contribution >= 4 is 6.21 Å². The van der Waals surface area contributed by atoms with Gasteiger partial charge in [-0.05, 0) is 31.5 Å². The van der Waals surface area contributed by atoms with Crippen LogP contribution in [0.5, 0.6) is 11.5 Å². The number of phenolic OH excluding ortho intramolecular Hbond substituents is 1. The van der Waals surface area contributed by atoms with Crippen molar-refractivity contribution in [2.75, 3.05) is 6.61 Å². The molecule has 0 saturated heterocycles. The lowest BCUT2D eigenvalue weighted by Gasteiger charge is -2.07. The first kappa shape index (κ1) is 14.1. The normalized spacial score (nSPS) is 12.5. The van der Waals surface area contributed by atoms with Crippen LogP contribution in [0, 0.1) is 0 Å². The van der Waals surface area contributed by atoms with Crippen LogP contribution in [0.25, 0.3) is 0 Å². The largest absolute Gasteiger partial charge is 0.507 e. The maximum absolute atomic E-state index is 9.93. The molecule has 0 saturated carbocycles. The molecule has 1 atom stereocenters. The van der Waals surface area contributed by atoms with Crippen molar-refractivity contribution in [1.29, 1.82) is 0 Å². The Hall–Kier alpha value is -2.29. The second kappa shape index (κ2) is 6.75. The standard InChI is InChI=1S/C17H19NO2/c1-3-20-16-10-9-15(17(19)11-16)12-18-13(2)14-7-5-4-6-8-14/h4-13,19H,3H2,1-2H3/t13-/m0/s1. The van der Waals surface area contributed by atoms with Crippen LogP contribution < -0.4 is 4.74 Å². The highest BCUT2D eigenvalue weighted by molar-refractivity contribution is 5.83. The van der Waals surface area contributed by atoms with E-state index in [0.29, 0.717) is 17.9 Å². The highest BCUT2D eigenvalue weighted by Gasteiger charge is 2.03. The fraction of sp³-hybridized carbons (Fsp3) is 0.235. The van der Waals surface area contributed by atoms with E-state index in [1.54, 1.807) is 12.3 Å². The molecule has 0 aliphatic carbocycles. The number of benzene rings is 2. The van der Waals surface area contributed by atoms with E-state index in [-0.39, 0.29) is 11.8 Å². The van der Waals surface area contributed by atoms with Crippen LogP contribution in [-0.4, -0.2) is 17.9 Å². The summed E-state index contributed by atoms with van der Waals surface area (Å²) in [6, 6.07) is 15.4. The number of phenols is 1. The molecular weight excluding hydrogens is 250 g/mol. The first-order valence-corrected chi connectivity index (χ1v) is 6.74. The zero-order chi connectivity index (χ0) is 14.4. The number of hydrogen-bond acceptors (Lipinski definition) is 3. The molecule has 0 aliphatic heterocycles. The third-order valence-corrected chi connectivity index (χ3v) is 3.03. The predicted molar refractivity (Wildman–Crippen MR) is 81.7 cm³/mol. The zero-order valence-electron chi connectivity index (χ0n) is 11.8. The molecular formula is C17H19NO2. The molecule has 0 heterocycles. The molecule has 0 radical (unpaired) electrons. The van der Waals surface area contributed by atoms with Crippen molar-refractivity contribution in [3.05, 3.63) is 59.7 Å². The number of aliphatic imine (C=N–C) groups is 1. The van der Waals surface area contributed by atoms with E-state index in [2.05, 4.69) is 4.99 Å². The molecule has 2 aromatic carbocycles. The van der Waals surface area contributed by atoms with E-state index in [1.165, 1.54) is 0 Å². The number of aromatic hydroxyl groups is 1. The van der Waals surface area contributed by atoms with Crippen molar-refractivity contribution in [2.45, 2.75) is 19.9 Å². The minimum atomic E-state index is 0.0576.